The summed E-state index contributed by atoms with van der Waals surface area (Å²) in [6.07, 6.45) is -0.478. The topological polar surface area (TPSA) is 255 Å². The number of nitrogens with zero attached hydrogens (tertiary/aromatic N) is 4. The van der Waals surface area contributed by atoms with Crippen LogP contribution < -0.4 is 11.5 Å². The van der Waals surface area contributed by atoms with E-state index in [-0.39, 0.29) is 23.8 Å². The van der Waals surface area contributed by atoms with E-state index in [1.165, 1.54) is 17.8 Å². The van der Waals surface area contributed by atoms with Crippen molar-refractivity contribution in [2.24, 2.45) is 0 Å². The minimum Gasteiger partial charge on any atom is -0.382 e. The normalized spacial score (nSPS) is 17.9. The van der Waals surface area contributed by atoms with Crippen molar-refractivity contribution >= 4 is 46.2 Å². The molecule has 0 amide bonds. The highest BCUT2D eigenvalue weighted by atomic mass is 31.3. The van der Waals surface area contributed by atoms with Crippen LogP contribution in [-0.2, 0) is 33.6 Å². The number of nitrogens with two attached hydrogens (primary N) is 2. The van der Waals surface area contributed by atoms with Crippen molar-refractivity contribution in [1.29, 1.82) is 0 Å². The highest BCUT2D eigenvalue weighted by Gasteiger charge is 2.39. The molecule has 16 nitrogen and oxygen atoms in total. The summed E-state index contributed by atoms with van der Waals surface area (Å²) in [5.41, 5.74) is 11.8. The van der Waals surface area contributed by atoms with Crippen LogP contribution in [0.1, 0.15) is 6.92 Å². The number of hydrogen-bond donors (Lipinski definition) is 6. The van der Waals surface area contributed by atoms with Gasteiger partial charge in [0.05, 0.1) is 19.0 Å². The Morgan fingerprint density at radius 2 is 1.79 bits per heavy atom. The molecule has 0 aliphatic heterocycles. The van der Waals surface area contributed by atoms with Gasteiger partial charge in [0, 0.05) is 0 Å². The van der Waals surface area contributed by atoms with Gasteiger partial charge in [-0.3, -0.25) is 4.57 Å². The molecule has 0 aromatic carbocycles. The van der Waals surface area contributed by atoms with Gasteiger partial charge >= 0.3 is 23.2 Å². The Hall–Kier alpha value is -1.44. The summed E-state index contributed by atoms with van der Waals surface area (Å²) in [5, 5.41) is 0. The number of fused-ring (bicyclic) bond motifs is 1. The SMILES string of the molecule is CC(Cn1cnc2c(N)nc(N)nc21)OCP(=O)(O)OP(=O)(O)OP(=O)(O)O. The summed E-state index contributed by atoms with van der Waals surface area (Å²) in [5.74, 6) is -0.0239. The fraction of sp³-hybridized carbons (Fsp3) is 0.444. The fourth-order valence-corrected chi connectivity index (χ4v) is 5.39. The molecule has 0 saturated carbocycles. The molecular weight excluding hydrogens is 445 g/mol. The third-order valence-electron chi connectivity index (χ3n) is 2.92. The van der Waals surface area contributed by atoms with Crippen molar-refractivity contribution in [3.8, 4) is 0 Å². The lowest BCUT2D eigenvalue weighted by Crippen LogP contribution is -2.17. The Balaban J connectivity index is 2.00. The minimum atomic E-state index is -5.51. The summed E-state index contributed by atoms with van der Waals surface area (Å²) in [6, 6.07) is 0. The lowest BCUT2D eigenvalue weighted by Gasteiger charge is -2.19. The molecule has 2 heterocycles. The second-order valence-electron chi connectivity index (χ2n) is 5.40. The van der Waals surface area contributed by atoms with E-state index in [0.29, 0.717) is 5.65 Å². The Labute approximate surface area is 156 Å². The molecule has 0 spiro atoms. The van der Waals surface area contributed by atoms with E-state index < -0.39 is 35.7 Å². The van der Waals surface area contributed by atoms with Crippen LogP contribution in [0.25, 0.3) is 11.2 Å². The highest BCUT2D eigenvalue weighted by molar-refractivity contribution is 7.68. The summed E-state index contributed by atoms with van der Waals surface area (Å²) < 4.78 is 47.6. The van der Waals surface area contributed by atoms with Crippen molar-refractivity contribution in [2.45, 2.75) is 19.6 Å². The molecular formula is C9H17N6O10P3. The van der Waals surface area contributed by atoms with Gasteiger partial charge in [0.15, 0.2) is 11.5 Å². The number of nitrogen functional groups attached to an aromatic ring is 2. The van der Waals surface area contributed by atoms with Crippen LogP contribution in [0, 0.1) is 0 Å². The molecule has 0 saturated heterocycles. The Morgan fingerprint density at radius 3 is 2.39 bits per heavy atom. The highest BCUT2D eigenvalue weighted by Crippen LogP contribution is 2.65. The van der Waals surface area contributed by atoms with Crippen LogP contribution in [0.5, 0.6) is 0 Å². The first-order valence-corrected chi connectivity index (χ1v) is 11.9. The number of rotatable bonds is 9. The first-order chi connectivity index (χ1) is 12.7. The van der Waals surface area contributed by atoms with Crippen LogP contribution in [0.2, 0.25) is 0 Å². The summed E-state index contributed by atoms with van der Waals surface area (Å²) in [4.78, 5) is 47.4. The van der Waals surface area contributed by atoms with E-state index in [1.54, 1.807) is 0 Å². The molecule has 28 heavy (non-hydrogen) atoms. The van der Waals surface area contributed by atoms with Gasteiger partial charge in [0.2, 0.25) is 5.95 Å². The maximum atomic E-state index is 11.8. The predicted molar refractivity (Wildman–Crippen MR) is 93.4 cm³/mol. The monoisotopic (exact) mass is 462 g/mol. The minimum absolute atomic E-state index is 0.0577. The fourth-order valence-electron chi connectivity index (χ4n) is 2.00. The summed E-state index contributed by atoms with van der Waals surface area (Å²) in [6.45, 7) is 1.55. The van der Waals surface area contributed by atoms with Crippen molar-refractivity contribution < 1.29 is 46.6 Å². The zero-order valence-electron chi connectivity index (χ0n) is 14.1. The van der Waals surface area contributed by atoms with Crippen LogP contribution in [0.3, 0.4) is 0 Å². The maximum absolute atomic E-state index is 11.8. The molecule has 19 heteroatoms. The van der Waals surface area contributed by atoms with Gasteiger partial charge in [-0.15, -0.1) is 0 Å². The van der Waals surface area contributed by atoms with Gasteiger partial charge in [-0.25, -0.2) is 18.4 Å². The molecule has 3 unspecified atom stereocenters. The van der Waals surface area contributed by atoms with Crippen LogP contribution in [-0.4, -0.2) is 51.5 Å². The predicted octanol–water partition coefficient (Wildman–Crippen LogP) is -0.235. The molecule has 158 valence electrons. The first kappa shape index (κ1) is 22.8. The van der Waals surface area contributed by atoms with Crippen LogP contribution in [0.15, 0.2) is 6.33 Å². The molecule has 3 atom stereocenters. The molecule has 0 radical (unpaired) electrons. The van der Waals surface area contributed by atoms with E-state index in [1.807, 2.05) is 0 Å². The number of hydrogen-bond acceptors (Lipinski definition) is 11. The number of ether oxygens (including phenoxy) is 1. The number of aromatic nitrogens is 4. The van der Waals surface area contributed by atoms with E-state index in [9.17, 15) is 18.6 Å². The quantitative estimate of drug-likeness (QED) is 0.263. The van der Waals surface area contributed by atoms with Crippen molar-refractivity contribution in [1.82, 2.24) is 19.5 Å². The average Bonchev–Trinajstić information content (AvgIpc) is 2.84. The maximum Gasteiger partial charge on any atom is 0.488 e. The zero-order valence-corrected chi connectivity index (χ0v) is 16.8. The number of anilines is 2. The molecule has 2 aromatic rings. The Morgan fingerprint density at radius 1 is 1.14 bits per heavy atom. The van der Waals surface area contributed by atoms with Crippen molar-refractivity contribution in [3.63, 3.8) is 0 Å². The smallest absolute Gasteiger partial charge is 0.382 e. The number of phosphoric acid groups is 2. The van der Waals surface area contributed by atoms with E-state index in [0.717, 1.165) is 0 Å². The second kappa shape index (κ2) is 8.13. The van der Waals surface area contributed by atoms with Crippen LogP contribution in [0.4, 0.5) is 11.8 Å². The van der Waals surface area contributed by atoms with Gasteiger partial charge in [-0.05, 0) is 6.92 Å². The van der Waals surface area contributed by atoms with Gasteiger partial charge in [-0.2, -0.15) is 14.3 Å². The zero-order chi connectivity index (χ0) is 21.3. The third kappa shape index (κ3) is 6.57. The summed E-state index contributed by atoms with van der Waals surface area (Å²) in [7, 11) is -15.8. The average molecular weight is 462 g/mol. The first-order valence-electron chi connectivity index (χ1n) is 7.16. The number of imidazole rings is 1. The third-order valence-corrected chi connectivity index (χ3v) is 6.92. The standard InChI is InChI=1S/C9H17N6O10P3/c1-5(2-15-3-12-6-7(10)13-9(11)14-8(6)15)23-4-26(16,17)24-28(21,22)25-27(18,19)20/h3,5H,2,4H2,1H3,(H,16,17)(H,21,22)(H2,18,19,20)(H4,10,11,13,14). The molecule has 0 fully saturated rings. The van der Waals surface area contributed by atoms with Crippen molar-refractivity contribution in [3.05, 3.63) is 6.33 Å². The van der Waals surface area contributed by atoms with Crippen LogP contribution >= 0.6 is 23.2 Å². The molecule has 0 bridgehead atoms. The Kier molecular flexibility index (Phi) is 6.63. The van der Waals surface area contributed by atoms with Gasteiger partial charge < -0.3 is 40.3 Å². The van der Waals surface area contributed by atoms with Gasteiger partial charge in [-0.1, -0.05) is 0 Å². The van der Waals surface area contributed by atoms with Gasteiger partial charge in [0.25, 0.3) is 0 Å². The molecule has 8 N–H and O–H groups in total. The largest absolute Gasteiger partial charge is 0.488 e. The van der Waals surface area contributed by atoms with Gasteiger partial charge in [0.1, 0.15) is 11.9 Å². The van der Waals surface area contributed by atoms with E-state index in [2.05, 4.69) is 23.6 Å². The van der Waals surface area contributed by atoms with Crippen molar-refractivity contribution in [2.75, 3.05) is 17.8 Å². The molecule has 2 aromatic heterocycles. The van der Waals surface area contributed by atoms with E-state index >= 15 is 0 Å². The lowest BCUT2D eigenvalue weighted by atomic mass is 10.4. The lowest BCUT2D eigenvalue weighted by molar-refractivity contribution is 0.0757. The Bertz CT molecular complexity index is 1010. The second-order valence-corrected chi connectivity index (χ2v) is 10.2. The molecule has 0 aliphatic carbocycles. The molecule has 2 rings (SSSR count). The summed E-state index contributed by atoms with van der Waals surface area (Å²) >= 11 is 0. The molecule has 0 aliphatic rings. The van der Waals surface area contributed by atoms with E-state index in [4.69, 9.17) is 30.9 Å².